The van der Waals surface area contributed by atoms with Crippen molar-refractivity contribution in [2.24, 2.45) is 0 Å². The minimum atomic E-state index is 0.792. The van der Waals surface area contributed by atoms with Gasteiger partial charge in [0.1, 0.15) is 0 Å². The van der Waals surface area contributed by atoms with E-state index >= 15 is 0 Å². The van der Waals surface area contributed by atoms with E-state index in [1.54, 1.807) is 11.8 Å². The number of benzene rings is 4. The van der Waals surface area contributed by atoms with Gasteiger partial charge in [0.25, 0.3) is 0 Å². The highest BCUT2D eigenvalue weighted by atomic mass is 32.2. The van der Waals surface area contributed by atoms with Crippen molar-refractivity contribution in [3.63, 3.8) is 0 Å². The maximum atomic E-state index is 6.01. The number of hydrogen-bond acceptors (Lipinski definition) is 4. The average molecular weight is 379 g/mol. The number of hydrogen-bond donors (Lipinski definition) is 2. The number of fused-ring (bicyclic) bond motifs is 4. The molecule has 0 saturated heterocycles. The van der Waals surface area contributed by atoms with Crippen LogP contribution in [0.3, 0.4) is 0 Å². The first kappa shape index (κ1) is 15.7. The van der Waals surface area contributed by atoms with Crippen LogP contribution in [0.15, 0.2) is 88.7 Å². The topological polar surface area (TPSA) is 33.3 Å². The summed E-state index contributed by atoms with van der Waals surface area (Å²) < 4.78 is 6.01. The second-order valence-corrected chi connectivity index (χ2v) is 7.82. The molecule has 0 atom stereocenters. The van der Waals surface area contributed by atoms with E-state index in [1.165, 1.54) is 9.79 Å². The lowest BCUT2D eigenvalue weighted by Gasteiger charge is -2.25. The van der Waals surface area contributed by atoms with E-state index in [0.717, 1.165) is 45.4 Å². The minimum absolute atomic E-state index is 0.792. The fraction of sp³-hybridized carbons (Fsp3) is 0. The van der Waals surface area contributed by atoms with Crippen LogP contribution in [0.1, 0.15) is 0 Å². The molecular formula is C24H15N2OS. The third-order valence-electron chi connectivity index (χ3n) is 4.96. The molecule has 2 aliphatic rings. The van der Waals surface area contributed by atoms with Crippen LogP contribution in [0.2, 0.25) is 0 Å². The Morgan fingerprint density at radius 2 is 1.50 bits per heavy atom. The Morgan fingerprint density at radius 1 is 0.679 bits per heavy atom. The minimum Gasteiger partial charge on any atom is -0.453 e. The Labute approximate surface area is 167 Å². The molecule has 0 bridgehead atoms. The molecule has 2 heterocycles. The quantitative estimate of drug-likeness (QED) is 0.316. The van der Waals surface area contributed by atoms with E-state index in [1.807, 2.05) is 30.3 Å². The summed E-state index contributed by atoms with van der Waals surface area (Å²) in [6.07, 6.45) is 0. The van der Waals surface area contributed by atoms with Crippen molar-refractivity contribution < 1.29 is 4.74 Å². The molecule has 0 spiro atoms. The molecule has 6 rings (SSSR count). The van der Waals surface area contributed by atoms with Gasteiger partial charge in [0.2, 0.25) is 0 Å². The summed E-state index contributed by atoms with van der Waals surface area (Å²) in [6.45, 7) is 0. The van der Waals surface area contributed by atoms with Crippen LogP contribution in [0.5, 0.6) is 11.5 Å². The summed E-state index contributed by atoms with van der Waals surface area (Å²) in [6, 6.07) is 30.3. The Hall–Kier alpha value is -3.37. The Bertz CT molecular complexity index is 1230. The summed E-state index contributed by atoms with van der Waals surface area (Å²) >= 11 is 1.79. The first-order valence-electron chi connectivity index (χ1n) is 9.13. The van der Waals surface area contributed by atoms with Gasteiger partial charge in [0.05, 0.1) is 22.7 Å². The Balaban J connectivity index is 1.43. The van der Waals surface area contributed by atoms with Crippen molar-refractivity contribution in [3.05, 3.63) is 84.9 Å². The van der Waals surface area contributed by atoms with Gasteiger partial charge in [-0.25, -0.2) is 0 Å². The summed E-state index contributed by atoms with van der Waals surface area (Å²) in [4.78, 5) is 2.46. The maximum absolute atomic E-state index is 6.01. The van der Waals surface area contributed by atoms with E-state index in [9.17, 15) is 0 Å². The number of ether oxygens (including phenoxy) is 1. The first-order valence-corrected chi connectivity index (χ1v) is 9.94. The van der Waals surface area contributed by atoms with Crippen LogP contribution in [0, 0.1) is 6.07 Å². The third-order valence-corrected chi connectivity index (χ3v) is 6.09. The zero-order valence-corrected chi connectivity index (χ0v) is 15.6. The molecule has 0 saturated carbocycles. The van der Waals surface area contributed by atoms with Crippen molar-refractivity contribution >= 4 is 34.5 Å². The molecule has 1 radical (unpaired) electrons. The zero-order chi connectivity index (χ0) is 18.5. The summed E-state index contributed by atoms with van der Waals surface area (Å²) in [5.41, 5.74) is 6.24. The molecule has 0 amide bonds. The molecule has 3 nitrogen and oxygen atoms in total. The second kappa shape index (κ2) is 6.08. The monoisotopic (exact) mass is 379 g/mol. The van der Waals surface area contributed by atoms with Crippen molar-refractivity contribution in [1.82, 2.24) is 0 Å². The van der Waals surface area contributed by atoms with Crippen LogP contribution < -0.4 is 15.4 Å². The summed E-state index contributed by atoms with van der Waals surface area (Å²) in [7, 11) is 0. The van der Waals surface area contributed by atoms with Crippen molar-refractivity contribution in [1.29, 1.82) is 0 Å². The largest absolute Gasteiger partial charge is 0.453 e. The van der Waals surface area contributed by atoms with Crippen LogP contribution >= 0.6 is 11.8 Å². The van der Waals surface area contributed by atoms with Crippen LogP contribution in [0.4, 0.5) is 22.7 Å². The van der Waals surface area contributed by atoms with E-state index in [-0.39, 0.29) is 0 Å². The van der Waals surface area contributed by atoms with Crippen molar-refractivity contribution in [3.8, 4) is 22.6 Å². The van der Waals surface area contributed by atoms with Crippen LogP contribution in [-0.2, 0) is 0 Å². The predicted molar refractivity (Wildman–Crippen MR) is 114 cm³/mol. The highest BCUT2D eigenvalue weighted by Crippen LogP contribution is 2.49. The summed E-state index contributed by atoms with van der Waals surface area (Å²) in [5, 5.41) is 7.05. The standard InChI is InChI=1S/C24H15N2OS/c1-3-9-20-17(7-1)25-19-14-15(12-13-21(19)27-20)16-6-5-11-23-24(16)26-18-8-2-4-10-22(18)28-23/h1-13,25-26H. The van der Waals surface area contributed by atoms with Crippen molar-refractivity contribution in [2.45, 2.75) is 9.79 Å². The fourth-order valence-electron chi connectivity index (χ4n) is 3.61. The predicted octanol–water partition coefficient (Wildman–Crippen LogP) is 7.21. The highest BCUT2D eigenvalue weighted by Gasteiger charge is 2.21. The molecule has 28 heavy (non-hydrogen) atoms. The lowest BCUT2D eigenvalue weighted by Crippen LogP contribution is -2.04. The summed E-state index contributed by atoms with van der Waals surface area (Å²) in [5.74, 6) is 1.63. The first-order chi connectivity index (χ1) is 13.8. The normalized spacial score (nSPS) is 13.0. The van der Waals surface area contributed by atoms with Crippen LogP contribution in [0.25, 0.3) is 11.1 Å². The van der Waals surface area contributed by atoms with Gasteiger partial charge in [0.15, 0.2) is 11.5 Å². The van der Waals surface area contributed by atoms with E-state index in [4.69, 9.17) is 4.74 Å². The molecule has 0 aliphatic carbocycles. The number of para-hydroxylation sites is 4. The smallest absolute Gasteiger partial charge is 0.151 e. The van der Waals surface area contributed by atoms with E-state index in [0.29, 0.717) is 0 Å². The highest BCUT2D eigenvalue weighted by molar-refractivity contribution is 7.99. The van der Waals surface area contributed by atoms with Gasteiger partial charge in [-0.3, -0.25) is 0 Å². The SMILES string of the molecule is [c]1c(-c2cccc3c2Nc2ccccc2S3)ccc2c1Nc1ccccc1O2. The molecule has 0 unspecified atom stereocenters. The van der Waals surface area contributed by atoms with Gasteiger partial charge in [0, 0.05) is 21.4 Å². The average Bonchev–Trinajstić information content (AvgIpc) is 2.75. The fourth-order valence-corrected chi connectivity index (χ4v) is 4.63. The molecule has 2 aliphatic heterocycles. The van der Waals surface area contributed by atoms with Crippen molar-refractivity contribution in [2.75, 3.05) is 10.6 Å². The Morgan fingerprint density at radius 3 is 2.46 bits per heavy atom. The third kappa shape index (κ3) is 2.46. The van der Waals surface area contributed by atoms with E-state index in [2.05, 4.69) is 65.2 Å². The molecule has 0 aromatic heterocycles. The van der Waals surface area contributed by atoms with Gasteiger partial charge in [-0.1, -0.05) is 48.2 Å². The van der Waals surface area contributed by atoms with Gasteiger partial charge in [-0.15, -0.1) is 0 Å². The molecular weight excluding hydrogens is 364 g/mol. The number of nitrogens with one attached hydrogen (secondary N) is 2. The molecule has 4 heteroatoms. The van der Waals surface area contributed by atoms with Gasteiger partial charge < -0.3 is 15.4 Å². The molecule has 4 aromatic rings. The zero-order valence-electron chi connectivity index (χ0n) is 14.8. The lowest BCUT2D eigenvalue weighted by molar-refractivity contribution is 0.481. The van der Waals surface area contributed by atoms with Crippen LogP contribution in [-0.4, -0.2) is 0 Å². The number of rotatable bonds is 1. The molecule has 2 N–H and O–H groups in total. The van der Waals surface area contributed by atoms with Gasteiger partial charge in [-0.2, -0.15) is 0 Å². The molecule has 133 valence electrons. The van der Waals surface area contributed by atoms with Gasteiger partial charge >= 0.3 is 0 Å². The maximum Gasteiger partial charge on any atom is 0.151 e. The Kier molecular flexibility index (Phi) is 3.40. The van der Waals surface area contributed by atoms with Gasteiger partial charge in [-0.05, 0) is 48.0 Å². The second-order valence-electron chi connectivity index (χ2n) is 6.74. The molecule has 0 fully saturated rings. The molecule has 4 aromatic carbocycles. The number of anilines is 4. The van der Waals surface area contributed by atoms with E-state index < -0.39 is 0 Å². The lowest BCUT2D eigenvalue weighted by atomic mass is 10.0.